The van der Waals surface area contributed by atoms with Crippen molar-refractivity contribution in [3.63, 3.8) is 0 Å². The van der Waals surface area contributed by atoms with Gasteiger partial charge >= 0.3 is 6.09 Å². The standard InChI is InChI=1S/C7H11NO3S/c1-2-3-10-7(9)8-4-6(12)5-11-8/h2,6,12H,1,3-5H2. The lowest BCUT2D eigenvalue weighted by Gasteiger charge is -2.12. The number of ether oxygens (including phenoxy) is 1. The lowest BCUT2D eigenvalue weighted by atomic mass is 10.5. The fourth-order valence-corrected chi connectivity index (χ4v) is 1.02. The molecular weight excluding hydrogens is 178 g/mol. The topological polar surface area (TPSA) is 38.8 Å². The molecule has 1 unspecified atom stereocenters. The molecule has 0 aromatic heterocycles. The van der Waals surface area contributed by atoms with Gasteiger partial charge in [0.1, 0.15) is 6.61 Å². The van der Waals surface area contributed by atoms with Gasteiger partial charge in [-0.1, -0.05) is 12.7 Å². The van der Waals surface area contributed by atoms with Gasteiger partial charge in [-0.15, -0.1) is 0 Å². The number of hydroxylamine groups is 2. The Labute approximate surface area is 76.5 Å². The molecule has 0 N–H and O–H groups in total. The van der Waals surface area contributed by atoms with E-state index in [0.717, 1.165) is 0 Å². The second kappa shape index (κ2) is 4.37. The van der Waals surface area contributed by atoms with Gasteiger partial charge in [-0.2, -0.15) is 17.7 Å². The minimum Gasteiger partial charge on any atom is -0.444 e. The van der Waals surface area contributed by atoms with Crippen LogP contribution in [0, 0.1) is 0 Å². The van der Waals surface area contributed by atoms with Crippen molar-refractivity contribution in [2.45, 2.75) is 5.25 Å². The molecule has 4 nitrogen and oxygen atoms in total. The Morgan fingerprint density at radius 1 is 1.92 bits per heavy atom. The molecule has 1 fully saturated rings. The lowest BCUT2D eigenvalue weighted by molar-refractivity contribution is -0.0895. The third kappa shape index (κ3) is 2.42. The van der Waals surface area contributed by atoms with Gasteiger partial charge < -0.3 is 4.74 Å². The number of carbonyl (C=O) groups is 1. The summed E-state index contributed by atoms with van der Waals surface area (Å²) in [6, 6.07) is 0. The molecule has 1 amide bonds. The summed E-state index contributed by atoms with van der Waals surface area (Å²) in [5.41, 5.74) is 0. The van der Waals surface area contributed by atoms with E-state index in [-0.39, 0.29) is 11.9 Å². The van der Waals surface area contributed by atoms with E-state index in [4.69, 9.17) is 9.57 Å². The first kappa shape index (κ1) is 9.41. The fourth-order valence-electron chi connectivity index (χ4n) is 0.802. The van der Waals surface area contributed by atoms with Crippen LogP contribution in [-0.4, -0.2) is 36.2 Å². The molecule has 68 valence electrons. The zero-order chi connectivity index (χ0) is 8.97. The van der Waals surface area contributed by atoms with E-state index < -0.39 is 6.09 Å². The second-order valence-electron chi connectivity index (χ2n) is 2.38. The summed E-state index contributed by atoms with van der Waals surface area (Å²) in [5, 5.41) is 1.25. The van der Waals surface area contributed by atoms with Crippen molar-refractivity contribution in [1.29, 1.82) is 0 Å². The molecular formula is C7H11NO3S. The summed E-state index contributed by atoms with van der Waals surface area (Å²) < 4.78 is 4.73. The first-order valence-electron chi connectivity index (χ1n) is 3.60. The molecule has 0 bridgehead atoms. The van der Waals surface area contributed by atoms with Crippen LogP contribution in [0.15, 0.2) is 12.7 Å². The van der Waals surface area contributed by atoms with Crippen molar-refractivity contribution in [3.05, 3.63) is 12.7 Å². The minimum absolute atomic E-state index is 0.0845. The first-order chi connectivity index (χ1) is 5.74. The van der Waals surface area contributed by atoms with Gasteiger partial charge in [-0.25, -0.2) is 4.79 Å². The Balaban J connectivity index is 2.28. The van der Waals surface area contributed by atoms with Gasteiger partial charge in [-0.05, 0) is 0 Å². The quantitative estimate of drug-likeness (QED) is 0.517. The van der Waals surface area contributed by atoms with Crippen LogP contribution in [0.3, 0.4) is 0 Å². The normalized spacial score (nSPS) is 22.4. The SMILES string of the molecule is C=CCOC(=O)N1CC(S)CO1. The summed E-state index contributed by atoms with van der Waals surface area (Å²) in [4.78, 5) is 16.0. The molecule has 0 aromatic rings. The third-order valence-corrected chi connectivity index (χ3v) is 1.64. The Hall–Kier alpha value is -0.680. The van der Waals surface area contributed by atoms with E-state index in [1.54, 1.807) is 0 Å². The average Bonchev–Trinajstić information content (AvgIpc) is 2.47. The van der Waals surface area contributed by atoms with E-state index in [1.165, 1.54) is 11.1 Å². The molecule has 1 aliphatic rings. The number of rotatable bonds is 2. The minimum atomic E-state index is -0.480. The number of carbonyl (C=O) groups excluding carboxylic acids is 1. The van der Waals surface area contributed by atoms with Gasteiger partial charge in [0.2, 0.25) is 0 Å². The van der Waals surface area contributed by atoms with Crippen molar-refractivity contribution < 1.29 is 14.4 Å². The maximum absolute atomic E-state index is 11.0. The number of hydrogen-bond donors (Lipinski definition) is 1. The summed E-state index contributed by atoms with van der Waals surface area (Å²) in [5.74, 6) is 0. The van der Waals surface area contributed by atoms with Crippen LogP contribution in [0.5, 0.6) is 0 Å². The number of hydrogen-bond acceptors (Lipinski definition) is 4. The van der Waals surface area contributed by atoms with E-state index in [1.807, 2.05) is 0 Å². The summed E-state index contributed by atoms with van der Waals surface area (Å²) in [6.45, 7) is 4.55. The molecule has 1 saturated heterocycles. The Morgan fingerprint density at radius 3 is 3.17 bits per heavy atom. The van der Waals surface area contributed by atoms with Gasteiger partial charge in [0, 0.05) is 5.25 Å². The van der Waals surface area contributed by atoms with E-state index in [9.17, 15) is 4.79 Å². The summed E-state index contributed by atoms with van der Waals surface area (Å²) in [7, 11) is 0. The monoisotopic (exact) mass is 189 g/mol. The maximum atomic E-state index is 11.0. The van der Waals surface area contributed by atoms with Crippen molar-refractivity contribution >= 4 is 18.7 Å². The van der Waals surface area contributed by atoms with Gasteiger partial charge in [0.05, 0.1) is 13.2 Å². The average molecular weight is 189 g/mol. The zero-order valence-electron chi connectivity index (χ0n) is 6.60. The van der Waals surface area contributed by atoms with Gasteiger partial charge in [0.25, 0.3) is 0 Å². The van der Waals surface area contributed by atoms with Crippen LogP contribution in [-0.2, 0) is 9.57 Å². The lowest BCUT2D eigenvalue weighted by Crippen LogP contribution is -2.28. The molecule has 0 aromatic carbocycles. The highest BCUT2D eigenvalue weighted by molar-refractivity contribution is 7.81. The first-order valence-corrected chi connectivity index (χ1v) is 4.12. The second-order valence-corrected chi connectivity index (χ2v) is 3.11. The van der Waals surface area contributed by atoms with E-state index >= 15 is 0 Å². The van der Waals surface area contributed by atoms with E-state index in [0.29, 0.717) is 13.2 Å². The van der Waals surface area contributed by atoms with Crippen LogP contribution in [0.25, 0.3) is 0 Å². The van der Waals surface area contributed by atoms with Crippen molar-refractivity contribution in [2.24, 2.45) is 0 Å². The Bertz CT molecular complexity index is 185. The predicted octanol–water partition coefficient (Wildman–Crippen LogP) is 0.855. The highest BCUT2D eigenvalue weighted by atomic mass is 32.1. The molecule has 0 spiro atoms. The third-order valence-electron chi connectivity index (χ3n) is 1.33. The predicted molar refractivity (Wildman–Crippen MR) is 47.0 cm³/mol. The number of thiol groups is 1. The van der Waals surface area contributed by atoms with Crippen molar-refractivity contribution in [2.75, 3.05) is 19.8 Å². The van der Waals surface area contributed by atoms with Crippen LogP contribution in [0.2, 0.25) is 0 Å². The molecule has 1 rings (SSSR count). The van der Waals surface area contributed by atoms with E-state index in [2.05, 4.69) is 19.2 Å². The highest BCUT2D eigenvalue weighted by Gasteiger charge is 2.26. The molecule has 12 heavy (non-hydrogen) atoms. The smallest absolute Gasteiger partial charge is 0.434 e. The van der Waals surface area contributed by atoms with Crippen molar-refractivity contribution in [1.82, 2.24) is 5.06 Å². The Morgan fingerprint density at radius 2 is 2.67 bits per heavy atom. The van der Waals surface area contributed by atoms with Gasteiger partial charge in [0.15, 0.2) is 0 Å². The largest absolute Gasteiger partial charge is 0.444 e. The summed E-state index contributed by atoms with van der Waals surface area (Å²) in [6.07, 6.45) is 1.03. The number of nitrogens with zero attached hydrogens (tertiary/aromatic N) is 1. The molecule has 1 atom stereocenters. The molecule has 1 heterocycles. The molecule has 0 saturated carbocycles. The summed E-state index contributed by atoms with van der Waals surface area (Å²) >= 11 is 4.14. The van der Waals surface area contributed by atoms with Crippen LogP contribution < -0.4 is 0 Å². The maximum Gasteiger partial charge on any atom is 0.434 e. The van der Waals surface area contributed by atoms with Crippen LogP contribution in [0.4, 0.5) is 4.79 Å². The molecule has 1 aliphatic heterocycles. The molecule has 5 heteroatoms. The zero-order valence-corrected chi connectivity index (χ0v) is 7.50. The highest BCUT2D eigenvalue weighted by Crippen LogP contribution is 2.11. The van der Waals surface area contributed by atoms with Crippen LogP contribution in [0.1, 0.15) is 0 Å². The van der Waals surface area contributed by atoms with Gasteiger partial charge in [-0.3, -0.25) is 4.84 Å². The molecule has 0 aliphatic carbocycles. The van der Waals surface area contributed by atoms with Crippen LogP contribution >= 0.6 is 12.6 Å². The fraction of sp³-hybridized carbons (Fsp3) is 0.571. The van der Waals surface area contributed by atoms with Crippen molar-refractivity contribution in [3.8, 4) is 0 Å². The number of amides is 1. The molecule has 0 radical (unpaired) electrons. The Kier molecular flexibility index (Phi) is 3.43.